The molecule has 1 aromatic heterocycles. The quantitative estimate of drug-likeness (QED) is 0.486. The zero-order valence-corrected chi connectivity index (χ0v) is 12.8. The number of benzene rings is 1. The molecule has 2 N–H and O–H groups in total. The normalized spacial score (nSPS) is 11.2. The number of carbonyl (C=O) groups is 3. The van der Waals surface area contributed by atoms with Crippen molar-refractivity contribution in [1.29, 1.82) is 0 Å². The maximum atomic E-state index is 12.2. The summed E-state index contributed by atoms with van der Waals surface area (Å²) in [7, 11) is 1.36. The van der Waals surface area contributed by atoms with Gasteiger partial charge in [0.05, 0.1) is 5.56 Å². The van der Waals surface area contributed by atoms with Crippen LogP contribution in [0.2, 0.25) is 0 Å². The molecule has 2 rings (SSSR count). The van der Waals surface area contributed by atoms with Gasteiger partial charge < -0.3 is 15.3 Å². The fourth-order valence-electron chi connectivity index (χ4n) is 1.86. The maximum absolute atomic E-state index is 12.2. The summed E-state index contributed by atoms with van der Waals surface area (Å²) in [6.07, 6.45) is 0.966. The predicted molar refractivity (Wildman–Crippen MR) is 82.6 cm³/mol. The summed E-state index contributed by atoms with van der Waals surface area (Å²) in [5.41, 5.74) is 0.512. The summed E-state index contributed by atoms with van der Waals surface area (Å²) >= 11 is 0. The first-order valence-electron chi connectivity index (χ1n) is 6.98. The van der Waals surface area contributed by atoms with Gasteiger partial charge in [0, 0.05) is 24.7 Å². The van der Waals surface area contributed by atoms with E-state index in [1.165, 1.54) is 19.2 Å². The van der Waals surface area contributed by atoms with Gasteiger partial charge in [0.25, 0.3) is 5.91 Å². The molecule has 8 heteroatoms. The Balaban J connectivity index is 2.22. The second kappa shape index (κ2) is 7.73. The van der Waals surface area contributed by atoms with E-state index in [-0.39, 0.29) is 5.56 Å². The van der Waals surface area contributed by atoms with E-state index in [1.54, 1.807) is 30.3 Å². The topological polar surface area (TPSA) is 111 Å². The van der Waals surface area contributed by atoms with Crippen molar-refractivity contribution < 1.29 is 23.9 Å². The van der Waals surface area contributed by atoms with Gasteiger partial charge in [0.15, 0.2) is 12.4 Å². The molecule has 24 heavy (non-hydrogen) atoms. The second-order valence-electron chi connectivity index (χ2n) is 4.71. The lowest BCUT2D eigenvalue weighted by Gasteiger charge is -2.17. The Hall–Kier alpha value is -3.42. The van der Waals surface area contributed by atoms with Crippen LogP contribution in [-0.4, -0.2) is 25.0 Å². The fourth-order valence-corrected chi connectivity index (χ4v) is 1.86. The summed E-state index contributed by atoms with van der Waals surface area (Å²) < 4.78 is 5.74. The van der Waals surface area contributed by atoms with Crippen molar-refractivity contribution in [3.05, 3.63) is 71.2 Å². The van der Waals surface area contributed by atoms with Crippen LogP contribution in [0.1, 0.15) is 22.0 Å². The number of pyridine rings is 1. The van der Waals surface area contributed by atoms with Gasteiger partial charge in [0.2, 0.25) is 6.10 Å². The molecule has 0 saturated carbocycles. The number of imide groups is 1. The average Bonchev–Trinajstić information content (AvgIpc) is 2.60. The number of urea groups is 1. The van der Waals surface area contributed by atoms with Crippen LogP contribution in [0.3, 0.4) is 0 Å². The van der Waals surface area contributed by atoms with E-state index in [9.17, 15) is 19.6 Å². The molecule has 3 amide bonds. The highest BCUT2D eigenvalue weighted by molar-refractivity contribution is 5.99. The molecule has 0 saturated heterocycles. The van der Waals surface area contributed by atoms with Crippen LogP contribution in [0.25, 0.3) is 0 Å². The number of amides is 3. The Morgan fingerprint density at radius 3 is 2.29 bits per heavy atom. The Bertz CT molecular complexity index is 731. The highest BCUT2D eigenvalue weighted by Crippen LogP contribution is 2.19. The van der Waals surface area contributed by atoms with Crippen molar-refractivity contribution in [3.63, 3.8) is 0 Å². The maximum Gasteiger partial charge on any atom is 0.339 e. The molecule has 0 aliphatic rings. The van der Waals surface area contributed by atoms with E-state index in [1.807, 2.05) is 0 Å². The Morgan fingerprint density at radius 2 is 1.71 bits per heavy atom. The van der Waals surface area contributed by atoms with Crippen molar-refractivity contribution in [2.24, 2.45) is 0 Å². The number of nitrogens with zero attached hydrogens (tertiary/aromatic N) is 1. The molecule has 0 unspecified atom stereocenters. The number of hydrogen-bond donors (Lipinski definition) is 2. The first-order chi connectivity index (χ1) is 11.5. The van der Waals surface area contributed by atoms with Crippen molar-refractivity contribution >= 4 is 17.9 Å². The number of rotatable bonds is 4. The third-order valence-electron chi connectivity index (χ3n) is 3.07. The average molecular weight is 329 g/mol. The van der Waals surface area contributed by atoms with Crippen LogP contribution in [-0.2, 0) is 9.53 Å². The molecule has 0 aliphatic carbocycles. The lowest BCUT2D eigenvalue weighted by molar-refractivity contribution is -0.605. The lowest BCUT2D eigenvalue weighted by atomic mass is 10.1. The van der Waals surface area contributed by atoms with E-state index >= 15 is 0 Å². The zero-order chi connectivity index (χ0) is 17.5. The molecule has 1 aromatic carbocycles. The molecule has 0 bridgehead atoms. The van der Waals surface area contributed by atoms with Gasteiger partial charge in [-0.3, -0.25) is 10.1 Å². The van der Waals surface area contributed by atoms with Crippen LogP contribution in [0, 0.1) is 5.21 Å². The Labute approximate surface area is 137 Å². The number of esters is 1. The fraction of sp³-hybridized carbons (Fsp3) is 0.125. The number of aromatic nitrogens is 1. The number of carbonyl (C=O) groups excluding carboxylic acids is 3. The van der Waals surface area contributed by atoms with Crippen LogP contribution < -0.4 is 15.4 Å². The minimum absolute atomic E-state index is 0.107. The van der Waals surface area contributed by atoms with E-state index < -0.39 is 24.0 Å². The van der Waals surface area contributed by atoms with Crippen LogP contribution in [0.5, 0.6) is 0 Å². The smallest absolute Gasteiger partial charge is 0.339 e. The third kappa shape index (κ3) is 4.29. The van der Waals surface area contributed by atoms with E-state index in [0.29, 0.717) is 10.3 Å². The molecule has 1 atom stereocenters. The lowest BCUT2D eigenvalue weighted by Crippen LogP contribution is -2.41. The highest BCUT2D eigenvalue weighted by Gasteiger charge is 2.27. The third-order valence-corrected chi connectivity index (χ3v) is 3.07. The zero-order valence-electron chi connectivity index (χ0n) is 12.8. The van der Waals surface area contributed by atoms with Crippen LogP contribution in [0.15, 0.2) is 54.9 Å². The molecular formula is C16H15N3O5. The summed E-state index contributed by atoms with van der Waals surface area (Å²) in [6, 6.07) is 10.1. The molecule has 0 radical (unpaired) electrons. The van der Waals surface area contributed by atoms with Crippen LogP contribution in [0.4, 0.5) is 4.79 Å². The monoisotopic (exact) mass is 329 g/mol. The number of nitrogens with one attached hydrogen (secondary N) is 2. The van der Waals surface area contributed by atoms with Gasteiger partial charge in [-0.15, -0.1) is 0 Å². The molecule has 1 heterocycles. The minimum Gasteiger partial charge on any atom is -0.619 e. The van der Waals surface area contributed by atoms with E-state index in [0.717, 1.165) is 12.4 Å². The largest absolute Gasteiger partial charge is 0.619 e. The van der Waals surface area contributed by atoms with Gasteiger partial charge in [-0.1, -0.05) is 30.3 Å². The van der Waals surface area contributed by atoms with E-state index in [4.69, 9.17) is 4.74 Å². The molecule has 0 fully saturated rings. The molecule has 8 nitrogen and oxygen atoms in total. The van der Waals surface area contributed by atoms with Gasteiger partial charge >= 0.3 is 12.0 Å². The standard InChI is InChI=1S/C16H15N3O5/c1-17-16(22)18-14(20)13(11-5-3-2-4-6-11)24-15(21)12-7-9-19(23)10-8-12/h2-10,13H,1H3,(H2,17,18,20,22)/t13-/m1/s1. The van der Waals surface area contributed by atoms with Crippen molar-refractivity contribution in [2.45, 2.75) is 6.10 Å². The van der Waals surface area contributed by atoms with E-state index in [2.05, 4.69) is 10.6 Å². The van der Waals surface area contributed by atoms with Gasteiger partial charge in [0.1, 0.15) is 0 Å². The summed E-state index contributed by atoms with van der Waals surface area (Å²) in [4.78, 5) is 35.7. The predicted octanol–water partition coefficient (Wildman–Crippen LogP) is 0.674. The second-order valence-corrected chi connectivity index (χ2v) is 4.71. The molecule has 0 aliphatic heterocycles. The van der Waals surface area contributed by atoms with Gasteiger partial charge in [-0.2, -0.15) is 4.73 Å². The number of hydrogen-bond acceptors (Lipinski definition) is 5. The van der Waals surface area contributed by atoms with Crippen molar-refractivity contribution in [2.75, 3.05) is 7.05 Å². The summed E-state index contributed by atoms with van der Waals surface area (Å²) in [5, 5.41) is 15.3. The van der Waals surface area contributed by atoms with Crippen molar-refractivity contribution in [1.82, 2.24) is 10.6 Å². The Morgan fingerprint density at radius 1 is 1.08 bits per heavy atom. The minimum atomic E-state index is -1.31. The molecule has 2 aromatic rings. The van der Waals surface area contributed by atoms with Crippen LogP contribution >= 0.6 is 0 Å². The summed E-state index contributed by atoms with van der Waals surface area (Å²) in [5.74, 6) is -1.58. The van der Waals surface area contributed by atoms with Crippen molar-refractivity contribution in [3.8, 4) is 0 Å². The summed E-state index contributed by atoms with van der Waals surface area (Å²) in [6.45, 7) is 0. The first kappa shape index (κ1) is 16.9. The first-order valence-corrected chi connectivity index (χ1v) is 6.98. The Kier molecular flexibility index (Phi) is 5.45. The SMILES string of the molecule is CNC(=O)NC(=O)[C@H](OC(=O)c1cc[n+]([O-])cc1)c1ccccc1. The van der Waals surface area contributed by atoms with Gasteiger partial charge in [-0.05, 0) is 0 Å². The highest BCUT2D eigenvalue weighted by atomic mass is 16.5. The molecular weight excluding hydrogens is 314 g/mol. The molecule has 124 valence electrons. The number of ether oxygens (including phenoxy) is 1. The molecule has 0 spiro atoms. The van der Waals surface area contributed by atoms with Gasteiger partial charge in [-0.25, -0.2) is 9.59 Å².